The molecule has 1 aromatic carbocycles. The fourth-order valence-corrected chi connectivity index (χ4v) is 4.56. The molecular weight excluding hydrogens is 338 g/mol. The van der Waals surface area contributed by atoms with E-state index in [-0.39, 0.29) is 5.60 Å². The first-order valence-electron chi connectivity index (χ1n) is 9.02. The van der Waals surface area contributed by atoms with Gasteiger partial charge in [-0.1, -0.05) is 0 Å². The second kappa shape index (κ2) is 5.61. The van der Waals surface area contributed by atoms with Crippen molar-refractivity contribution in [1.29, 1.82) is 0 Å². The third kappa shape index (κ3) is 2.45. The molecule has 3 saturated heterocycles. The summed E-state index contributed by atoms with van der Waals surface area (Å²) >= 11 is 0. The van der Waals surface area contributed by atoms with Gasteiger partial charge < -0.3 is 4.74 Å². The van der Waals surface area contributed by atoms with E-state index in [9.17, 15) is 8.78 Å². The van der Waals surface area contributed by atoms with Crippen molar-refractivity contribution in [2.24, 2.45) is 10.9 Å². The molecular formula is C19H20F2N4O. The minimum absolute atomic E-state index is 0.237. The molecule has 2 bridgehead atoms. The summed E-state index contributed by atoms with van der Waals surface area (Å²) in [6.45, 7) is 5.56. The van der Waals surface area contributed by atoms with E-state index in [1.807, 2.05) is 0 Å². The van der Waals surface area contributed by atoms with Crippen LogP contribution in [0.25, 0.3) is 10.8 Å². The number of benzene rings is 1. The zero-order valence-electron chi connectivity index (χ0n) is 14.6. The Morgan fingerprint density at radius 2 is 2.00 bits per heavy atom. The molecule has 1 unspecified atom stereocenters. The third-order valence-corrected chi connectivity index (χ3v) is 5.90. The molecule has 5 heterocycles. The summed E-state index contributed by atoms with van der Waals surface area (Å²) in [5, 5.41) is 3.88. The quantitative estimate of drug-likeness (QED) is 0.851. The summed E-state index contributed by atoms with van der Waals surface area (Å²) < 4.78 is 33.8. The molecule has 5 nitrogen and oxygen atoms in total. The molecule has 0 amide bonds. The molecule has 3 fully saturated rings. The molecule has 0 saturated carbocycles. The molecule has 1 N–H and O–H groups in total. The van der Waals surface area contributed by atoms with E-state index in [2.05, 4.69) is 20.2 Å². The van der Waals surface area contributed by atoms with Crippen molar-refractivity contribution in [3.05, 3.63) is 35.5 Å². The lowest BCUT2D eigenvalue weighted by Crippen LogP contribution is -2.61. The Morgan fingerprint density at radius 1 is 1.19 bits per heavy atom. The highest BCUT2D eigenvalue weighted by molar-refractivity contribution is 5.93. The van der Waals surface area contributed by atoms with Crippen LogP contribution in [0, 0.1) is 24.5 Å². The van der Waals surface area contributed by atoms with Gasteiger partial charge in [-0.2, -0.15) is 0 Å². The number of amidine groups is 1. The van der Waals surface area contributed by atoms with Crippen LogP contribution in [0.15, 0.2) is 23.2 Å². The Balaban J connectivity index is 1.40. The standard InChI is InChI=1S/C19H20F2N4O/c1-11-14-6-13(20)7-16(21)15(14)8-17(23-11)24-18-22-9-19(26-18)10-25-4-2-12(19)3-5-25/h6-8,12H,2-5,9-10H2,1H3,(H,22,23,24). The van der Waals surface area contributed by atoms with Gasteiger partial charge in [0.15, 0.2) is 0 Å². The SMILES string of the molecule is Cc1nc(NC2=NCC3(CN4CCC3CC4)O2)cc2c(F)cc(F)cc12. The average molecular weight is 358 g/mol. The molecule has 4 aliphatic heterocycles. The Morgan fingerprint density at radius 3 is 2.73 bits per heavy atom. The molecule has 26 heavy (non-hydrogen) atoms. The maximum absolute atomic E-state index is 14.1. The van der Waals surface area contributed by atoms with Gasteiger partial charge >= 0.3 is 0 Å². The van der Waals surface area contributed by atoms with Gasteiger partial charge in [0.2, 0.25) is 0 Å². The molecule has 1 aromatic heterocycles. The Labute approximate surface area is 150 Å². The minimum Gasteiger partial charge on any atom is -0.455 e. The number of halogens is 2. The van der Waals surface area contributed by atoms with Gasteiger partial charge in [0.1, 0.15) is 23.1 Å². The highest BCUT2D eigenvalue weighted by atomic mass is 19.1. The summed E-state index contributed by atoms with van der Waals surface area (Å²) in [6.07, 6.45) is 2.29. The number of ether oxygens (including phenoxy) is 1. The molecule has 7 heteroatoms. The van der Waals surface area contributed by atoms with Crippen LogP contribution in [0.1, 0.15) is 18.5 Å². The third-order valence-electron chi connectivity index (χ3n) is 5.90. The topological polar surface area (TPSA) is 49.8 Å². The first kappa shape index (κ1) is 15.9. The van der Waals surface area contributed by atoms with Crippen LogP contribution in [0.2, 0.25) is 0 Å². The largest absolute Gasteiger partial charge is 0.455 e. The van der Waals surface area contributed by atoms with E-state index in [0.717, 1.165) is 38.5 Å². The molecule has 6 rings (SSSR count). The van der Waals surface area contributed by atoms with E-state index >= 15 is 0 Å². The van der Waals surface area contributed by atoms with Gasteiger partial charge in [-0.15, -0.1) is 0 Å². The zero-order chi connectivity index (χ0) is 17.9. The van der Waals surface area contributed by atoms with Crippen LogP contribution in [-0.4, -0.2) is 47.7 Å². The Bertz CT molecular complexity index is 923. The van der Waals surface area contributed by atoms with Gasteiger partial charge in [-0.25, -0.2) is 18.8 Å². The number of hydrogen-bond acceptors (Lipinski definition) is 5. The molecule has 0 radical (unpaired) electrons. The van der Waals surface area contributed by atoms with Crippen molar-refractivity contribution in [3.8, 4) is 0 Å². The average Bonchev–Trinajstić information content (AvgIpc) is 2.99. The first-order valence-corrected chi connectivity index (χ1v) is 9.02. The number of piperidine rings is 3. The number of anilines is 1. The van der Waals surface area contributed by atoms with Crippen molar-refractivity contribution in [2.75, 3.05) is 31.5 Å². The molecule has 136 valence electrons. The van der Waals surface area contributed by atoms with Crippen LogP contribution in [-0.2, 0) is 4.74 Å². The van der Waals surface area contributed by atoms with Gasteiger partial charge in [0.25, 0.3) is 6.02 Å². The lowest BCUT2D eigenvalue weighted by Gasteiger charge is -2.50. The summed E-state index contributed by atoms with van der Waals surface area (Å²) in [5.74, 6) is -0.218. The van der Waals surface area contributed by atoms with Gasteiger partial charge in [0, 0.05) is 35.0 Å². The van der Waals surface area contributed by atoms with Gasteiger partial charge in [0.05, 0.1) is 6.54 Å². The number of nitrogens with zero attached hydrogens (tertiary/aromatic N) is 3. The van der Waals surface area contributed by atoms with Crippen molar-refractivity contribution in [2.45, 2.75) is 25.4 Å². The van der Waals surface area contributed by atoms with E-state index in [1.165, 1.54) is 6.07 Å². The fourth-order valence-electron chi connectivity index (χ4n) is 4.56. The van der Waals surface area contributed by atoms with Crippen LogP contribution in [0.4, 0.5) is 14.6 Å². The van der Waals surface area contributed by atoms with Crippen LogP contribution < -0.4 is 5.32 Å². The van der Waals surface area contributed by atoms with E-state index in [1.54, 1.807) is 13.0 Å². The maximum Gasteiger partial charge on any atom is 0.291 e. The molecule has 4 aliphatic rings. The summed E-state index contributed by atoms with van der Waals surface area (Å²) in [7, 11) is 0. The predicted octanol–water partition coefficient (Wildman–Crippen LogP) is 3.08. The minimum atomic E-state index is -0.603. The molecule has 1 atom stereocenters. The lowest BCUT2D eigenvalue weighted by molar-refractivity contribution is -0.0829. The second-order valence-electron chi connectivity index (χ2n) is 7.54. The Hall–Kier alpha value is -2.28. The molecule has 0 aliphatic carbocycles. The highest BCUT2D eigenvalue weighted by Crippen LogP contribution is 2.41. The number of aryl methyl sites for hydroxylation is 1. The normalized spacial score (nSPS) is 29.9. The van der Waals surface area contributed by atoms with Crippen LogP contribution in [0.5, 0.6) is 0 Å². The van der Waals surface area contributed by atoms with Gasteiger partial charge in [-0.05, 0) is 45.0 Å². The zero-order valence-corrected chi connectivity index (χ0v) is 14.6. The van der Waals surface area contributed by atoms with E-state index in [4.69, 9.17) is 4.74 Å². The van der Waals surface area contributed by atoms with Crippen LogP contribution in [0.3, 0.4) is 0 Å². The monoisotopic (exact) mass is 358 g/mol. The number of aromatic nitrogens is 1. The van der Waals surface area contributed by atoms with E-state index < -0.39 is 11.6 Å². The predicted molar refractivity (Wildman–Crippen MR) is 95.3 cm³/mol. The van der Waals surface area contributed by atoms with Gasteiger partial charge in [-0.3, -0.25) is 10.2 Å². The lowest BCUT2D eigenvalue weighted by atomic mass is 9.75. The number of nitrogens with one attached hydrogen (secondary N) is 1. The van der Waals surface area contributed by atoms with Crippen molar-refractivity contribution in [3.63, 3.8) is 0 Å². The maximum atomic E-state index is 14.1. The second-order valence-corrected chi connectivity index (χ2v) is 7.54. The number of aliphatic imine (C=N–C) groups is 1. The summed E-state index contributed by atoms with van der Waals surface area (Å²) in [4.78, 5) is 11.4. The smallest absolute Gasteiger partial charge is 0.291 e. The first-order chi connectivity index (χ1) is 12.5. The summed E-state index contributed by atoms with van der Waals surface area (Å²) in [6, 6.07) is 4.20. The van der Waals surface area contributed by atoms with Crippen molar-refractivity contribution >= 4 is 22.6 Å². The number of rotatable bonds is 1. The number of pyridine rings is 1. The Kier molecular flexibility index (Phi) is 3.44. The fraction of sp³-hybridized carbons (Fsp3) is 0.474. The highest BCUT2D eigenvalue weighted by Gasteiger charge is 2.51. The number of fused-ring (bicyclic) bond motifs is 3. The molecule has 1 spiro atoms. The van der Waals surface area contributed by atoms with Crippen molar-refractivity contribution in [1.82, 2.24) is 9.88 Å². The summed E-state index contributed by atoms with van der Waals surface area (Å²) in [5.41, 5.74) is 0.318. The number of hydrogen-bond donors (Lipinski definition) is 1. The van der Waals surface area contributed by atoms with E-state index in [0.29, 0.717) is 40.8 Å². The molecule has 2 aromatic rings. The van der Waals surface area contributed by atoms with Crippen LogP contribution >= 0.6 is 0 Å². The van der Waals surface area contributed by atoms with Crippen molar-refractivity contribution < 1.29 is 13.5 Å².